The van der Waals surface area contributed by atoms with Gasteiger partial charge in [-0.1, -0.05) is 24.3 Å². The van der Waals surface area contributed by atoms with Crippen molar-refractivity contribution >= 4 is 0 Å². The molecule has 0 N–H and O–H groups in total. The van der Waals surface area contributed by atoms with Gasteiger partial charge >= 0.3 is 103 Å². The fourth-order valence-corrected chi connectivity index (χ4v) is 1.15. The van der Waals surface area contributed by atoms with Gasteiger partial charge in [0.1, 0.15) is 11.5 Å². The molecule has 0 fully saturated rings. The molecule has 76 valence electrons. The second kappa shape index (κ2) is 9.09. The Balaban J connectivity index is 0.00000128. The number of hydrogen-bond acceptors (Lipinski definition) is 3. The normalized spacial score (nSPS) is 8.71. The second-order valence-corrected chi connectivity index (χ2v) is 3.04. The predicted molar refractivity (Wildman–Crippen MR) is 51.9 cm³/mol. The molecule has 2 rings (SSSR count). The molecule has 0 saturated heterocycles. The van der Waals surface area contributed by atoms with Crippen LogP contribution in [0.4, 0.5) is 0 Å². The average molecular weight is 278 g/mol. The van der Waals surface area contributed by atoms with E-state index in [-0.39, 0.29) is 114 Å². The minimum atomic E-state index is -0.0581. The van der Waals surface area contributed by atoms with E-state index in [0.717, 1.165) is 0 Å². The van der Waals surface area contributed by atoms with Crippen molar-refractivity contribution in [1.82, 2.24) is 0 Å². The van der Waals surface area contributed by atoms with Gasteiger partial charge in [-0.25, -0.2) is 0 Å². The largest absolute Gasteiger partial charge is 1.00 e. The zero-order valence-electron chi connectivity index (χ0n) is 9.84. The summed E-state index contributed by atoms with van der Waals surface area (Å²) in [7, 11) is 0. The van der Waals surface area contributed by atoms with E-state index in [4.69, 9.17) is 4.74 Å². The first-order chi connectivity index (χ1) is 7.24. The molecule has 2 aromatic rings. The summed E-state index contributed by atoms with van der Waals surface area (Å²) in [6.07, 6.45) is 0. The molecule has 2 aromatic carbocycles. The Morgan fingerprint density at radius 1 is 0.588 bits per heavy atom. The standard InChI is InChI=1S/C12H10O3.2K/c13-9-1-5-11(6-2-9)15-12-7-3-10(14)4-8-12;;/h1-8,13-14H;;/q;2*+1/p-2. The molecule has 0 aliphatic carbocycles. The Hall–Kier alpha value is 1.11. The van der Waals surface area contributed by atoms with Gasteiger partial charge in [0.15, 0.2) is 0 Å². The van der Waals surface area contributed by atoms with Crippen LogP contribution in [0, 0.1) is 0 Å². The van der Waals surface area contributed by atoms with Crippen LogP contribution >= 0.6 is 0 Å². The third-order valence-corrected chi connectivity index (χ3v) is 1.88. The molecular weight excluding hydrogens is 270 g/mol. The van der Waals surface area contributed by atoms with Gasteiger partial charge in [0, 0.05) is 0 Å². The molecule has 0 aliphatic rings. The molecule has 0 radical (unpaired) electrons. The summed E-state index contributed by atoms with van der Waals surface area (Å²) in [5.41, 5.74) is 0. The van der Waals surface area contributed by atoms with Crippen LogP contribution in [0.15, 0.2) is 48.5 Å². The zero-order chi connectivity index (χ0) is 10.7. The van der Waals surface area contributed by atoms with Gasteiger partial charge in [-0.2, -0.15) is 0 Å². The van der Waals surface area contributed by atoms with Gasteiger partial charge in [-0.3, -0.25) is 0 Å². The molecule has 0 atom stereocenters. The molecule has 0 aromatic heterocycles. The van der Waals surface area contributed by atoms with Crippen LogP contribution in [0.5, 0.6) is 23.0 Å². The van der Waals surface area contributed by atoms with E-state index < -0.39 is 0 Å². The molecule has 5 heteroatoms. The zero-order valence-corrected chi connectivity index (χ0v) is 16.1. The van der Waals surface area contributed by atoms with E-state index in [1.807, 2.05) is 0 Å². The van der Waals surface area contributed by atoms with E-state index in [2.05, 4.69) is 0 Å². The van der Waals surface area contributed by atoms with Crippen molar-refractivity contribution < 1.29 is 118 Å². The summed E-state index contributed by atoms with van der Waals surface area (Å²) in [6, 6.07) is 12.1. The molecule has 0 bridgehead atoms. The van der Waals surface area contributed by atoms with Crippen LogP contribution in [0.3, 0.4) is 0 Å². The summed E-state index contributed by atoms with van der Waals surface area (Å²) < 4.78 is 5.41. The Kier molecular flexibility index (Phi) is 9.68. The first kappa shape index (κ1) is 18.1. The van der Waals surface area contributed by atoms with Gasteiger partial charge in [0.2, 0.25) is 0 Å². The van der Waals surface area contributed by atoms with E-state index in [1.54, 1.807) is 24.3 Å². The smallest absolute Gasteiger partial charge is 0.872 e. The predicted octanol–water partition coefficient (Wildman–Crippen LogP) is -4.37. The fraction of sp³-hybridized carbons (Fsp3) is 0. The Labute approximate surface area is 185 Å². The van der Waals surface area contributed by atoms with Crippen molar-refractivity contribution in [3.8, 4) is 23.0 Å². The minimum Gasteiger partial charge on any atom is -0.872 e. The molecular formula is C12H8K2O3. The number of rotatable bonds is 2. The average Bonchev–Trinajstić information content (AvgIpc) is 2.25. The van der Waals surface area contributed by atoms with Crippen molar-refractivity contribution in [2.24, 2.45) is 0 Å². The van der Waals surface area contributed by atoms with Crippen molar-refractivity contribution in [3.63, 3.8) is 0 Å². The Morgan fingerprint density at radius 3 is 1.18 bits per heavy atom. The molecule has 0 saturated carbocycles. The van der Waals surface area contributed by atoms with Crippen molar-refractivity contribution in [2.45, 2.75) is 0 Å². The summed E-state index contributed by atoms with van der Waals surface area (Å²) in [4.78, 5) is 0. The molecule has 0 aliphatic heterocycles. The van der Waals surface area contributed by atoms with Crippen LogP contribution in [-0.2, 0) is 0 Å². The molecule has 0 unspecified atom stereocenters. The maximum atomic E-state index is 10.8. The van der Waals surface area contributed by atoms with E-state index in [1.165, 1.54) is 24.3 Å². The molecule has 0 amide bonds. The minimum absolute atomic E-state index is 0. The van der Waals surface area contributed by atoms with E-state index in [0.29, 0.717) is 11.5 Å². The first-order valence-electron chi connectivity index (χ1n) is 4.46. The molecule has 17 heavy (non-hydrogen) atoms. The van der Waals surface area contributed by atoms with Gasteiger partial charge in [0.25, 0.3) is 0 Å². The monoisotopic (exact) mass is 278 g/mol. The SMILES string of the molecule is [K+].[K+].[O-]c1ccc(Oc2ccc([O-])cc2)cc1. The van der Waals surface area contributed by atoms with Crippen LogP contribution < -0.4 is 118 Å². The first-order valence-corrected chi connectivity index (χ1v) is 4.46. The molecule has 0 spiro atoms. The van der Waals surface area contributed by atoms with Crippen LogP contribution in [0.2, 0.25) is 0 Å². The number of ether oxygens (including phenoxy) is 1. The Morgan fingerprint density at radius 2 is 0.882 bits per heavy atom. The summed E-state index contributed by atoms with van der Waals surface area (Å²) in [6.45, 7) is 0. The molecule has 0 heterocycles. The number of hydrogen-bond donors (Lipinski definition) is 0. The van der Waals surface area contributed by atoms with Gasteiger partial charge in [0.05, 0.1) is 0 Å². The van der Waals surface area contributed by atoms with Gasteiger partial charge in [-0.05, 0) is 24.3 Å². The number of benzene rings is 2. The molecule has 3 nitrogen and oxygen atoms in total. The van der Waals surface area contributed by atoms with Crippen LogP contribution in [0.25, 0.3) is 0 Å². The third-order valence-electron chi connectivity index (χ3n) is 1.88. The maximum absolute atomic E-state index is 10.8. The van der Waals surface area contributed by atoms with Crippen molar-refractivity contribution in [3.05, 3.63) is 48.5 Å². The van der Waals surface area contributed by atoms with E-state index >= 15 is 0 Å². The van der Waals surface area contributed by atoms with Crippen LogP contribution in [-0.4, -0.2) is 0 Å². The third kappa shape index (κ3) is 6.20. The summed E-state index contributed by atoms with van der Waals surface area (Å²) >= 11 is 0. The van der Waals surface area contributed by atoms with Crippen molar-refractivity contribution in [1.29, 1.82) is 0 Å². The maximum Gasteiger partial charge on any atom is 1.00 e. The summed E-state index contributed by atoms with van der Waals surface area (Å²) in [5.74, 6) is 1.04. The summed E-state index contributed by atoms with van der Waals surface area (Å²) in [5, 5.41) is 21.6. The quantitative estimate of drug-likeness (QED) is 0.522. The van der Waals surface area contributed by atoms with Gasteiger partial charge in [-0.15, -0.1) is 11.5 Å². The fourth-order valence-electron chi connectivity index (χ4n) is 1.15. The van der Waals surface area contributed by atoms with Gasteiger partial charge < -0.3 is 14.9 Å². The Bertz CT molecular complexity index is 397. The van der Waals surface area contributed by atoms with Crippen LogP contribution in [0.1, 0.15) is 0 Å². The van der Waals surface area contributed by atoms with E-state index in [9.17, 15) is 10.2 Å². The topological polar surface area (TPSA) is 55.3 Å². The second-order valence-electron chi connectivity index (χ2n) is 3.04. The van der Waals surface area contributed by atoms with Crippen molar-refractivity contribution in [2.75, 3.05) is 0 Å².